The zero-order valence-electron chi connectivity index (χ0n) is 21.0. The zero-order valence-corrected chi connectivity index (χ0v) is 21.0. The molecule has 0 saturated heterocycles. The number of nitrogens with one attached hydrogen (secondary N) is 2. The van der Waals surface area contributed by atoms with Crippen LogP contribution < -0.4 is 10.6 Å². The molecule has 192 valence electrons. The maximum atomic E-state index is 13.7. The molecular formula is C28H30FN5O3. The molecule has 37 heavy (non-hydrogen) atoms. The number of carbonyl (C=O) groups excluding carboxylic acids is 3. The van der Waals surface area contributed by atoms with E-state index in [9.17, 15) is 18.8 Å². The Morgan fingerprint density at radius 1 is 1.05 bits per heavy atom. The summed E-state index contributed by atoms with van der Waals surface area (Å²) in [5.41, 5.74) is 2.18. The molecule has 1 aliphatic heterocycles. The average molecular weight is 504 g/mol. The summed E-state index contributed by atoms with van der Waals surface area (Å²) in [6, 6.07) is 14.0. The van der Waals surface area contributed by atoms with Crippen molar-refractivity contribution in [3.63, 3.8) is 0 Å². The first-order valence-corrected chi connectivity index (χ1v) is 12.5. The second-order valence-corrected chi connectivity index (χ2v) is 10.1. The quantitative estimate of drug-likeness (QED) is 0.494. The van der Waals surface area contributed by atoms with Crippen LogP contribution in [0.25, 0.3) is 0 Å². The van der Waals surface area contributed by atoms with Gasteiger partial charge in [0.15, 0.2) is 5.69 Å². The smallest absolute Gasteiger partial charge is 0.274 e. The van der Waals surface area contributed by atoms with Crippen LogP contribution in [0.4, 0.5) is 4.39 Å². The predicted octanol–water partition coefficient (Wildman–Crippen LogP) is 3.00. The van der Waals surface area contributed by atoms with Gasteiger partial charge in [-0.1, -0.05) is 42.0 Å². The van der Waals surface area contributed by atoms with Crippen molar-refractivity contribution in [1.82, 2.24) is 25.1 Å². The van der Waals surface area contributed by atoms with Crippen molar-refractivity contribution in [1.29, 1.82) is 0 Å². The molecule has 2 heterocycles. The molecule has 1 aromatic heterocycles. The molecule has 1 fully saturated rings. The summed E-state index contributed by atoms with van der Waals surface area (Å²) in [5.74, 6) is -1.42. The van der Waals surface area contributed by atoms with E-state index >= 15 is 0 Å². The van der Waals surface area contributed by atoms with Gasteiger partial charge in [0.25, 0.3) is 11.8 Å². The summed E-state index contributed by atoms with van der Waals surface area (Å²) in [6.07, 6.45) is 3.73. The SMILES string of the molecule is Cc1ccc(CCNC(=O)c2ncn3c2C(=O)N(C2CC2)C(C)(C(=O)NCc2ccc(F)cc2)C3)cc1. The van der Waals surface area contributed by atoms with Gasteiger partial charge in [-0.15, -0.1) is 0 Å². The Balaban J connectivity index is 1.31. The van der Waals surface area contributed by atoms with Crippen LogP contribution in [0.5, 0.6) is 0 Å². The Kier molecular flexibility index (Phi) is 6.54. The van der Waals surface area contributed by atoms with E-state index in [2.05, 4.69) is 15.6 Å². The molecule has 1 saturated carbocycles. The second-order valence-electron chi connectivity index (χ2n) is 10.1. The Morgan fingerprint density at radius 3 is 2.41 bits per heavy atom. The minimum Gasteiger partial charge on any atom is -0.350 e. The third-order valence-corrected chi connectivity index (χ3v) is 7.07. The highest BCUT2D eigenvalue weighted by atomic mass is 19.1. The lowest BCUT2D eigenvalue weighted by molar-refractivity contribution is -0.133. The Hall–Kier alpha value is -4.01. The summed E-state index contributed by atoms with van der Waals surface area (Å²) in [6.45, 7) is 4.58. The van der Waals surface area contributed by atoms with Crippen molar-refractivity contribution in [2.24, 2.45) is 0 Å². The Labute approximate surface area is 214 Å². The Bertz CT molecular complexity index is 1330. The van der Waals surface area contributed by atoms with Crippen LogP contribution in [0.2, 0.25) is 0 Å². The fraction of sp³-hybridized carbons (Fsp3) is 0.357. The third kappa shape index (κ3) is 4.98. The number of nitrogens with zero attached hydrogens (tertiary/aromatic N) is 3. The summed E-state index contributed by atoms with van der Waals surface area (Å²) in [5, 5.41) is 5.77. The standard InChI is InChI=1S/C28H30FN5O3/c1-18-3-5-19(6-4-18)13-14-30-25(35)23-24-26(36)34(22-11-12-22)28(2,16-33(24)17-32-23)27(37)31-15-20-7-9-21(29)10-8-20/h3-10,17,22H,11-16H2,1-2H3,(H,30,35)(H,31,37). The first kappa shape index (κ1) is 24.7. The number of benzene rings is 2. The summed E-state index contributed by atoms with van der Waals surface area (Å²) >= 11 is 0. The van der Waals surface area contributed by atoms with Gasteiger partial charge in [0.1, 0.15) is 17.1 Å². The van der Waals surface area contributed by atoms with Gasteiger partial charge in [0, 0.05) is 19.1 Å². The first-order valence-electron chi connectivity index (χ1n) is 12.5. The molecule has 1 atom stereocenters. The molecule has 9 heteroatoms. The highest BCUT2D eigenvalue weighted by molar-refractivity contribution is 6.07. The number of hydrogen-bond acceptors (Lipinski definition) is 4. The number of halogens is 1. The number of carbonyl (C=O) groups is 3. The second kappa shape index (κ2) is 9.80. The summed E-state index contributed by atoms with van der Waals surface area (Å²) in [7, 11) is 0. The van der Waals surface area contributed by atoms with Crippen LogP contribution in [0.15, 0.2) is 54.9 Å². The number of amides is 3. The van der Waals surface area contributed by atoms with Crippen LogP contribution >= 0.6 is 0 Å². The normalized spacial score (nSPS) is 18.9. The van der Waals surface area contributed by atoms with Crippen LogP contribution in [-0.4, -0.2) is 50.3 Å². The zero-order chi connectivity index (χ0) is 26.2. The van der Waals surface area contributed by atoms with E-state index in [1.807, 2.05) is 31.2 Å². The van der Waals surface area contributed by atoms with Crippen LogP contribution in [0, 0.1) is 12.7 Å². The van der Waals surface area contributed by atoms with Crippen molar-refractivity contribution < 1.29 is 18.8 Å². The van der Waals surface area contributed by atoms with Crippen molar-refractivity contribution in [2.75, 3.05) is 6.54 Å². The average Bonchev–Trinajstić information content (AvgIpc) is 3.62. The van der Waals surface area contributed by atoms with Crippen LogP contribution in [0.3, 0.4) is 0 Å². The number of imidazole rings is 1. The van der Waals surface area contributed by atoms with Gasteiger partial charge < -0.3 is 20.1 Å². The summed E-state index contributed by atoms with van der Waals surface area (Å²) in [4.78, 5) is 46.0. The van der Waals surface area contributed by atoms with Crippen molar-refractivity contribution >= 4 is 17.7 Å². The largest absolute Gasteiger partial charge is 0.350 e. The summed E-state index contributed by atoms with van der Waals surface area (Å²) < 4.78 is 14.8. The number of aryl methyl sites for hydroxylation is 1. The van der Waals surface area contributed by atoms with Gasteiger partial charge in [-0.05, 0) is 56.4 Å². The molecule has 1 aliphatic carbocycles. The Morgan fingerprint density at radius 2 is 1.73 bits per heavy atom. The molecule has 8 nitrogen and oxygen atoms in total. The van der Waals surface area contributed by atoms with E-state index in [1.54, 1.807) is 28.5 Å². The molecule has 2 N–H and O–H groups in total. The molecule has 3 amide bonds. The molecule has 2 aliphatic rings. The molecule has 0 spiro atoms. The van der Waals surface area contributed by atoms with Gasteiger partial charge in [-0.3, -0.25) is 14.4 Å². The maximum absolute atomic E-state index is 13.7. The molecule has 2 aromatic carbocycles. The van der Waals surface area contributed by atoms with E-state index in [4.69, 9.17) is 0 Å². The molecule has 0 bridgehead atoms. The highest BCUT2D eigenvalue weighted by Gasteiger charge is 2.53. The molecule has 5 rings (SSSR count). The van der Waals surface area contributed by atoms with E-state index in [0.29, 0.717) is 13.0 Å². The lowest BCUT2D eigenvalue weighted by Crippen LogP contribution is -2.64. The van der Waals surface area contributed by atoms with E-state index in [1.165, 1.54) is 24.0 Å². The molecular weight excluding hydrogens is 473 g/mol. The van der Waals surface area contributed by atoms with Crippen LogP contribution in [-0.2, 0) is 24.3 Å². The number of fused-ring (bicyclic) bond motifs is 1. The monoisotopic (exact) mass is 503 g/mol. The molecule has 0 radical (unpaired) electrons. The third-order valence-electron chi connectivity index (χ3n) is 7.07. The van der Waals surface area contributed by atoms with Crippen LogP contribution in [0.1, 0.15) is 57.4 Å². The van der Waals surface area contributed by atoms with Gasteiger partial charge >= 0.3 is 0 Å². The topological polar surface area (TPSA) is 96.3 Å². The minimum atomic E-state index is -1.15. The minimum absolute atomic E-state index is 0.0600. The number of hydrogen-bond donors (Lipinski definition) is 2. The van der Waals surface area contributed by atoms with Gasteiger partial charge in [-0.2, -0.15) is 0 Å². The van der Waals surface area contributed by atoms with Crippen molar-refractivity contribution in [2.45, 2.75) is 57.8 Å². The molecule has 1 unspecified atom stereocenters. The highest BCUT2D eigenvalue weighted by Crippen LogP contribution is 2.38. The number of aromatic nitrogens is 2. The molecule has 3 aromatic rings. The van der Waals surface area contributed by atoms with Crippen molar-refractivity contribution in [3.8, 4) is 0 Å². The van der Waals surface area contributed by atoms with Gasteiger partial charge in [0.05, 0.1) is 12.9 Å². The van der Waals surface area contributed by atoms with Gasteiger partial charge in [-0.25, -0.2) is 9.37 Å². The lowest BCUT2D eigenvalue weighted by atomic mass is 9.93. The van der Waals surface area contributed by atoms with E-state index in [-0.39, 0.29) is 48.2 Å². The fourth-order valence-electron chi connectivity index (χ4n) is 4.86. The van der Waals surface area contributed by atoms with E-state index in [0.717, 1.165) is 24.0 Å². The van der Waals surface area contributed by atoms with Crippen molar-refractivity contribution in [3.05, 3.63) is 88.8 Å². The van der Waals surface area contributed by atoms with Gasteiger partial charge in [0.2, 0.25) is 5.91 Å². The lowest BCUT2D eigenvalue weighted by Gasteiger charge is -2.44. The van der Waals surface area contributed by atoms with E-state index < -0.39 is 11.4 Å². The maximum Gasteiger partial charge on any atom is 0.274 e. The fourth-order valence-corrected chi connectivity index (χ4v) is 4.86. The number of rotatable bonds is 8. The predicted molar refractivity (Wildman–Crippen MR) is 135 cm³/mol. The first-order chi connectivity index (χ1) is 17.8.